The van der Waals surface area contributed by atoms with Crippen LogP contribution in [0.15, 0.2) is 54.1 Å². The van der Waals surface area contributed by atoms with E-state index in [-0.39, 0.29) is 40.5 Å². The number of rotatable bonds is 9. The zero-order chi connectivity index (χ0) is 30.6. The molecule has 1 aliphatic carbocycles. The Morgan fingerprint density at radius 2 is 1.43 bits per heavy atom. The van der Waals surface area contributed by atoms with Crippen molar-refractivity contribution in [2.75, 3.05) is 18.4 Å². The molecule has 0 saturated carbocycles. The van der Waals surface area contributed by atoms with Gasteiger partial charge in [-0.3, -0.25) is 14.4 Å². The lowest BCUT2D eigenvalue weighted by atomic mass is 9.70. The van der Waals surface area contributed by atoms with Crippen molar-refractivity contribution in [2.24, 2.45) is 5.92 Å². The normalized spacial score (nSPS) is 15.7. The number of unbranched alkanes of at least 4 members (excludes halogenated alkanes) is 1. The highest BCUT2D eigenvalue weighted by molar-refractivity contribution is 6.09. The van der Waals surface area contributed by atoms with Gasteiger partial charge in [-0.2, -0.15) is 0 Å². The molecule has 3 amide bonds. The topological polar surface area (TPSA) is 209 Å². The van der Waals surface area contributed by atoms with Crippen LogP contribution in [0.2, 0.25) is 0 Å². The van der Waals surface area contributed by atoms with Crippen LogP contribution in [0.25, 0.3) is 6.08 Å². The third-order valence-corrected chi connectivity index (χ3v) is 6.92. The van der Waals surface area contributed by atoms with Crippen molar-refractivity contribution in [1.82, 2.24) is 10.6 Å². The van der Waals surface area contributed by atoms with Gasteiger partial charge in [0.2, 0.25) is 23.5 Å². The summed E-state index contributed by atoms with van der Waals surface area (Å²) in [5, 5.41) is 69.5. The van der Waals surface area contributed by atoms with Crippen LogP contribution in [-0.4, -0.2) is 61.5 Å². The number of fused-ring (bicyclic) bond motifs is 1. The molecule has 0 bridgehead atoms. The Morgan fingerprint density at radius 3 is 2.07 bits per heavy atom. The van der Waals surface area contributed by atoms with E-state index in [9.17, 15) is 45.0 Å². The number of phenolic OH excluding ortho intramolecular Hbond substituents is 6. The fourth-order valence-electron chi connectivity index (χ4n) is 4.90. The summed E-state index contributed by atoms with van der Waals surface area (Å²) in [4.78, 5) is 38.6. The van der Waals surface area contributed by atoms with Crippen molar-refractivity contribution in [2.45, 2.75) is 25.7 Å². The Morgan fingerprint density at radius 1 is 0.762 bits per heavy atom. The second-order valence-corrected chi connectivity index (χ2v) is 9.88. The first-order valence-electron chi connectivity index (χ1n) is 13.1. The molecule has 3 aromatic carbocycles. The standard InChI is InChI=1S/C30H31N3O9/c1-15(34)31-10-2-3-11-32-29(41)20-12-17-14-23(38)27(39)28(40)25(17)24(16-4-9-21(36)22(37)13-16)26(20)30(42)33-18-5-7-19(35)8-6-18/h4-9,12-14,24,26,35-40H,2-3,10-11H2,1H3,(H,31,34)(H,32,41)(H,33,42)/t24-,26-/m0/s1. The number of carbonyl (C=O) groups is 3. The Hall–Kier alpha value is -5.39. The molecule has 0 saturated heterocycles. The Bertz CT molecular complexity index is 1550. The molecule has 42 heavy (non-hydrogen) atoms. The minimum atomic E-state index is -1.34. The largest absolute Gasteiger partial charge is 0.508 e. The van der Waals surface area contributed by atoms with Gasteiger partial charge in [-0.25, -0.2) is 0 Å². The molecule has 0 fully saturated rings. The van der Waals surface area contributed by atoms with E-state index in [1.807, 2.05) is 0 Å². The van der Waals surface area contributed by atoms with Crippen LogP contribution in [-0.2, 0) is 14.4 Å². The molecule has 1 aliphatic rings. The van der Waals surface area contributed by atoms with Gasteiger partial charge in [0.05, 0.1) is 5.92 Å². The summed E-state index contributed by atoms with van der Waals surface area (Å²) in [5.74, 6) is -7.20. The number of carbonyl (C=O) groups excluding carboxylic acids is 3. The van der Waals surface area contributed by atoms with E-state index in [4.69, 9.17) is 0 Å². The summed E-state index contributed by atoms with van der Waals surface area (Å²) in [7, 11) is 0. The van der Waals surface area contributed by atoms with Crippen molar-refractivity contribution in [3.63, 3.8) is 0 Å². The number of aromatic hydroxyl groups is 6. The molecule has 0 unspecified atom stereocenters. The zero-order valence-corrected chi connectivity index (χ0v) is 22.6. The number of nitrogens with one attached hydrogen (secondary N) is 3. The first-order chi connectivity index (χ1) is 20.0. The molecule has 3 aromatic rings. The number of hydrogen-bond acceptors (Lipinski definition) is 9. The predicted octanol–water partition coefficient (Wildman–Crippen LogP) is 2.74. The number of benzene rings is 3. The average molecular weight is 578 g/mol. The van der Waals surface area contributed by atoms with Gasteiger partial charge in [-0.1, -0.05) is 6.07 Å². The molecule has 2 atom stereocenters. The molecule has 0 aromatic heterocycles. The summed E-state index contributed by atoms with van der Waals surface area (Å²) in [6, 6.07) is 10.5. The molecule has 12 nitrogen and oxygen atoms in total. The average Bonchev–Trinajstić information content (AvgIpc) is 2.95. The van der Waals surface area contributed by atoms with E-state index in [1.54, 1.807) is 0 Å². The van der Waals surface area contributed by atoms with Gasteiger partial charge in [0.1, 0.15) is 5.75 Å². The molecule has 4 rings (SSSR count). The molecular weight excluding hydrogens is 546 g/mol. The summed E-state index contributed by atoms with van der Waals surface area (Å²) in [6.07, 6.45) is 2.44. The van der Waals surface area contributed by atoms with Crippen molar-refractivity contribution >= 4 is 29.5 Å². The third-order valence-electron chi connectivity index (χ3n) is 6.92. The quantitative estimate of drug-likeness (QED) is 0.104. The van der Waals surface area contributed by atoms with Crippen LogP contribution in [0.4, 0.5) is 5.69 Å². The highest BCUT2D eigenvalue weighted by atomic mass is 16.3. The van der Waals surface area contributed by atoms with E-state index in [0.717, 1.165) is 6.07 Å². The monoisotopic (exact) mass is 577 g/mol. The summed E-state index contributed by atoms with van der Waals surface area (Å²) in [6.45, 7) is 2.04. The van der Waals surface area contributed by atoms with Crippen LogP contribution in [0.5, 0.6) is 34.5 Å². The van der Waals surface area contributed by atoms with Gasteiger partial charge >= 0.3 is 0 Å². The van der Waals surface area contributed by atoms with Crippen molar-refractivity contribution in [3.8, 4) is 34.5 Å². The number of amides is 3. The maximum atomic E-state index is 13.9. The fourth-order valence-corrected chi connectivity index (χ4v) is 4.90. The van der Waals surface area contributed by atoms with Crippen molar-refractivity contribution in [3.05, 3.63) is 70.8 Å². The zero-order valence-electron chi connectivity index (χ0n) is 22.6. The smallest absolute Gasteiger partial charge is 0.248 e. The van der Waals surface area contributed by atoms with E-state index < -0.39 is 52.4 Å². The third kappa shape index (κ3) is 6.33. The lowest BCUT2D eigenvalue weighted by Gasteiger charge is -2.34. The summed E-state index contributed by atoms with van der Waals surface area (Å²) in [5.41, 5.74) is 0.624. The maximum Gasteiger partial charge on any atom is 0.248 e. The van der Waals surface area contributed by atoms with Crippen molar-refractivity contribution < 1.29 is 45.0 Å². The molecule has 9 N–H and O–H groups in total. The minimum Gasteiger partial charge on any atom is -0.508 e. The molecule has 0 radical (unpaired) electrons. The van der Waals surface area contributed by atoms with Crippen LogP contribution in [0.1, 0.15) is 42.4 Å². The van der Waals surface area contributed by atoms with Gasteiger partial charge in [0.15, 0.2) is 23.0 Å². The predicted molar refractivity (Wildman–Crippen MR) is 152 cm³/mol. The number of hydrogen-bond donors (Lipinski definition) is 9. The van der Waals surface area contributed by atoms with Crippen molar-refractivity contribution in [1.29, 1.82) is 0 Å². The Kier molecular flexibility index (Phi) is 8.75. The van der Waals surface area contributed by atoms with Gasteiger partial charge in [0, 0.05) is 42.8 Å². The lowest BCUT2D eigenvalue weighted by Crippen LogP contribution is -2.39. The first kappa shape index (κ1) is 29.6. The maximum absolute atomic E-state index is 13.9. The van der Waals surface area contributed by atoms with E-state index >= 15 is 0 Å². The first-order valence-corrected chi connectivity index (χ1v) is 13.1. The molecule has 220 valence electrons. The fraction of sp³-hybridized carbons (Fsp3) is 0.233. The minimum absolute atomic E-state index is 0.00750. The molecule has 0 spiro atoms. The number of anilines is 1. The lowest BCUT2D eigenvalue weighted by molar-refractivity contribution is -0.123. The van der Waals surface area contributed by atoms with Gasteiger partial charge in [0.25, 0.3) is 0 Å². The Labute approximate surface area is 240 Å². The van der Waals surface area contributed by atoms with Gasteiger partial charge < -0.3 is 46.6 Å². The summed E-state index contributed by atoms with van der Waals surface area (Å²) >= 11 is 0. The van der Waals surface area contributed by atoms with Gasteiger partial charge in [-0.15, -0.1) is 0 Å². The van der Waals surface area contributed by atoms with E-state index in [1.165, 1.54) is 55.5 Å². The van der Waals surface area contributed by atoms with E-state index in [0.29, 0.717) is 25.1 Å². The highest BCUT2D eigenvalue weighted by Gasteiger charge is 2.43. The second kappa shape index (κ2) is 12.4. The molecule has 0 aliphatic heterocycles. The van der Waals surface area contributed by atoms with Crippen LogP contribution in [0.3, 0.4) is 0 Å². The second-order valence-electron chi connectivity index (χ2n) is 9.88. The number of phenols is 6. The molecular formula is C30H31N3O9. The summed E-state index contributed by atoms with van der Waals surface area (Å²) < 4.78 is 0. The Balaban J connectivity index is 1.79. The van der Waals surface area contributed by atoms with Crippen LogP contribution in [0, 0.1) is 5.92 Å². The SMILES string of the molecule is CC(=O)NCCCCNC(=O)C1=Cc2cc(O)c(O)c(O)c2[C@H](c2ccc(O)c(O)c2)[C@H]1C(=O)Nc1ccc(O)cc1. The highest BCUT2D eigenvalue weighted by Crippen LogP contribution is 2.52. The van der Waals surface area contributed by atoms with Crippen LogP contribution < -0.4 is 16.0 Å². The van der Waals surface area contributed by atoms with Gasteiger partial charge in [-0.05, 0) is 72.5 Å². The van der Waals surface area contributed by atoms with E-state index in [2.05, 4.69) is 16.0 Å². The molecule has 0 heterocycles. The molecule has 12 heteroatoms. The van der Waals surface area contributed by atoms with Crippen LogP contribution >= 0.6 is 0 Å².